The van der Waals surface area contributed by atoms with Crippen LogP contribution in [0.25, 0.3) is 11.4 Å². The molecule has 5 nitrogen and oxygen atoms in total. The van der Waals surface area contributed by atoms with Crippen LogP contribution in [-0.4, -0.2) is 54.8 Å². The Kier molecular flexibility index (Phi) is 4.87. The lowest BCUT2D eigenvalue weighted by molar-refractivity contribution is 0.0156. The zero-order valence-corrected chi connectivity index (χ0v) is 13.3. The van der Waals surface area contributed by atoms with Gasteiger partial charge in [-0.1, -0.05) is 30.3 Å². The summed E-state index contributed by atoms with van der Waals surface area (Å²) in [6.07, 6.45) is 0. The van der Waals surface area contributed by atoms with Gasteiger partial charge in [0.25, 0.3) is 0 Å². The lowest BCUT2D eigenvalue weighted by Gasteiger charge is -2.33. The van der Waals surface area contributed by atoms with Crippen LogP contribution in [0.15, 0.2) is 30.3 Å². The highest BCUT2D eigenvalue weighted by Gasteiger charge is 2.26. The van der Waals surface area contributed by atoms with E-state index in [4.69, 9.17) is 9.72 Å². The van der Waals surface area contributed by atoms with Gasteiger partial charge in [-0.15, -0.1) is 0 Å². The van der Waals surface area contributed by atoms with Crippen molar-refractivity contribution in [3.8, 4) is 11.4 Å². The summed E-state index contributed by atoms with van der Waals surface area (Å²) in [6, 6.07) is 10.6. The number of morpholine rings is 1. The van der Waals surface area contributed by atoms with E-state index in [1.54, 1.807) is 0 Å². The average Bonchev–Trinajstić information content (AvgIpc) is 2.96. The van der Waals surface area contributed by atoms with E-state index in [0.717, 1.165) is 55.6 Å². The normalized spacial score (nSPS) is 17.5. The molecule has 22 heavy (non-hydrogen) atoms. The molecule has 0 saturated carbocycles. The second-order valence-electron chi connectivity index (χ2n) is 5.68. The first-order valence-electron chi connectivity index (χ1n) is 7.88. The van der Waals surface area contributed by atoms with Crippen molar-refractivity contribution in [2.75, 3.05) is 39.9 Å². The predicted molar refractivity (Wildman–Crippen MR) is 87.8 cm³/mol. The minimum atomic E-state index is 0.280. The van der Waals surface area contributed by atoms with Gasteiger partial charge >= 0.3 is 0 Å². The average molecular weight is 300 g/mol. The molecule has 3 rings (SSSR count). The second kappa shape index (κ2) is 7.05. The van der Waals surface area contributed by atoms with E-state index < -0.39 is 0 Å². The number of H-pyrrole nitrogens is 1. The fourth-order valence-corrected chi connectivity index (χ4v) is 3.01. The lowest BCUT2D eigenvalue weighted by atomic mass is 10.1. The molecular weight excluding hydrogens is 276 g/mol. The van der Waals surface area contributed by atoms with Gasteiger partial charge in [0.15, 0.2) is 0 Å². The Morgan fingerprint density at radius 2 is 2.00 bits per heavy atom. The Morgan fingerprint density at radius 1 is 1.27 bits per heavy atom. The van der Waals surface area contributed by atoms with Gasteiger partial charge in [0, 0.05) is 30.9 Å². The van der Waals surface area contributed by atoms with E-state index in [1.807, 2.05) is 25.2 Å². The molecular formula is C17H24N4O. The van der Waals surface area contributed by atoms with E-state index in [9.17, 15) is 0 Å². The van der Waals surface area contributed by atoms with Crippen molar-refractivity contribution in [3.05, 3.63) is 41.7 Å². The molecule has 2 aromatic rings. The van der Waals surface area contributed by atoms with Crippen molar-refractivity contribution >= 4 is 0 Å². The number of nitrogens with zero attached hydrogens (tertiary/aromatic N) is 2. The molecule has 1 unspecified atom stereocenters. The van der Waals surface area contributed by atoms with E-state index in [1.165, 1.54) is 0 Å². The summed E-state index contributed by atoms with van der Waals surface area (Å²) in [4.78, 5) is 10.8. The Bertz CT molecular complexity index is 590. The predicted octanol–water partition coefficient (Wildman–Crippen LogP) is 1.98. The Hall–Kier alpha value is -1.69. The van der Waals surface area contributed by atoms with E-state index >= 15 is 0 Å². The SMILES string of the molecule is CNCC(c1nc(-c2ccccc2)[nH]c1C)N1CCOCC1. The Balaban J connectivity index is 1.89. The van der Waals surface area contributed by atoms with Gasteiger partial charge in [0.2, 0.25) is 0 Å². The number of aromatic amines is 1. The lowest BCUT2D eigenvalue weighted by Crippen LogP contribution is -2.42. The summed E-state index contributed by atoms with van der Waals surface area (Å²) in [7, 11) is 1.99. The molecule has 0 spiro atoms. The highest BCUT2D eigenvalue weighted by atomic mass is 16.5. The van der Waals surface area contributed by atoms with Gasteiger partial charge in [-0.3, -0.25) is 4.90 Å². The standard InChI is InChI=1S/C17H24N4O/c1-13-16(15(12-18-2)21-8-10-22-11-9-21)20-17(19-13)14-6-4-3-5-7-14/h3-7,15,18H,8-12H2,1-2H3,(H,19,20). The molecule has 1 aromatic carbocycles. The first kappa shape index (κ1) is 15.2. The number of benzene rings is 1. The van der Waals surface area contributed by atoms with Gasteiger partial charge < -0.3 is 15.0 Å². The summed E-state index contributed by atoms with van der Waals surface area (Å²) < 4.78 is 5.48. The van der Waals surface area contributed by atoms with Crippen LogP contribution in [0.3, 0.4) is 0 Å². The molecule has 5 heteroatoms. The highest BCUT2D eigenvalue weighted by Crippen LogP contribution is 2.26. The molecule has 0 radical (unpaired) electrons. The molecule has 1 fully saturated rings. The van der Waals surface area contributed by atoms with Gasteiger partial charge in [0.1, 0.15) is 5.82 Å². The quantitative estimate of drug-likeness (QED) is 0.886. The Labute approximate surface area is 131 Å². The number of hydrogen-bond donors (Lipinski definition) is 2. The van der Waals surface area contributed by atoms with E-state index in [-0.39, 0.29) is 6.04 Å². The molecule has 0 amide bonds. The van der Waals surface area contributed by atoms with Crippen molar-refractivity contribution in [1.29, 1.82) is 0 Å². The van der Waals surface area contributed by atoms with Crippen LogP contribution in [0.4, 0.5) is 0 Å². The van der Waals surface area contributed by atoms with Crippen LogP contribution in [0.1, 0.15) is 17.4 Å². The third-order valence-corrected chi connectivity index (χ3v) is 4.17. The van der Waals surface area contributed by atoms with Crippen LogP contribution in [-0.2, 0) is 4.74 Å². The summed E-state index contributed by atoms with van der Waals surface area (Å²) in [6.45, 7) is 6.51. The number of aromatic nitrogens is 2. The van der Waals surface area contributed by atoms with Crippen LogP contribution in [0.5, 0.6) is 0 Å². The molecule has 1 atom stereocenters. The molecule has 118 valence electrons. The molecule has 0 bridgehead atoms. The molecule has 2 N–H and O–H groups in total. The van der Waals surface area contributed by atoms with Crippen molar-refractivity contribution in [1.82, 2.24) is 20.2 Å². The van der Waals surface area contributed by atoms with E-state index in [2.05, 4.69) is 34.3 Å². The zero-order chi connectivity index (χ0) is 15.4. The van der Waals surface area contributed by atoms with Crippen LogP contribution in [0.2, 0.25) is 0 Å². The molecule has 1 aliphatic heterocycles. The number of aryl methyl sites for hydroxylation is 1. The van der Waals surface area contributed by atoms with Gasteiger partial charge in [0.05, 0.1) is 24.9 Å². The van der Waals surface area contributed by atoms with Gasteiger partial charge in [-0.05, 0) is 14.0 Å². The molecule has 1 aliphatic rings. The molecule has 1 aromatic heterocycles. The second-order valence-corrected chi connectivity index (χ2v) is 5.68. The first-order valence-corrected chi connectivity index (χ1v) is 7.88. The van der Waals surface area contributed by atoms with Gasteiger partial charge in [-0.2, -0.15) is 0 Å². The van der Waals surface area contributed by atoms with Crippen LogP contribution >= 0.6 is 0 Å². The smallest absolute Gasteiger partial charge is 0.137 e. The minimum Gasteiger partial charge on any atom is -0.379 e. The number of ether oxygens (including phenoxy) is 1. The molecule has 1 saturated heterocycles. The monoisotopic (exact) mass is 300 g/mol. The minimum absolute atomic E-state index is 0.280. The van der Waals surface area contributed by atoms with Crippen LogP contribution in [0, 0.1) is 6.92 Å². The van der Waals surface area contributed by atoms with Gasteiger partial charge in [-0.25, -0.2) is 4.98 Å². The third-order valence-electron chi connectivity index (χ3n) is 4.17. The summed E-state index contributed by atoms with van der Waals surface area (Å²) in [5, 5.41) is 3.30. The van der Waals surface area contributed by atoms with Crippen molar-refractivity contribution in [2.45, 2.75) is 13.0 Å². The highest BCUT2D eigenvalue weighted by molar-refractivity contribution is 5.55. The molecule has 2 heterocycles. The summed E-state index contributed by atoms with van der Waals surface area (Å²) >= 11 is 0. The fraction of sp³-hybridized carbons (Fsp3) is 0.471. The van der Waals surface area contributed by atoms with Crippen molar-refractivity contribution in [3.63, 3.8) is 0 Å². The van der Waals surface area contributed by atoms with E-state index in [0.29, 0.717) is 0 Å². The molecule has 0 aliphatic carbocycles. The topological polar surface area (TPSA) is 53.2 Å². The zero-order valence-electron chi connectivity index (χ0n) is 13.3. The number of hydrogen-bond acceptors (Lipinski definition) is 4. The first-order chi connectivity index (χ1) is 10.8. The number of imidazole rings is 1. The third kappa shape index (κ3) is 3.21. The number of nitrogens with one attached hydrogen (secondary N) is 2. The maximum absolute atomic E-state index is 5.48. The maximum Gasteiger partial charge on any atom is 0.137 e. The van der Waals surface area contributed by atoms with Crippen molar-refractivity contribution < 1.29 is 4.74 Å². The summed E-state index contributed by atoms with van der Waals surface area (Å²) in [5.41, 5.74) is 3.41. The Morgan fingerprint density at radius 3 is 2.68 bits per heavy atom. The number of rotatable bonds is 5. The summed E-state index contributed by atoms with van der Waals surface area (Å²) in [5.74, 6) is 0.947. The van der Waals surface area contributed by atoms with Crippen LogP contribution < -0.4 is 5.32 Å². The maximum atomic E-state index is 5.48. The number of likely N-dealkylation sites (N-methyl/N-ethyl adjacent to an activating group) is 1. The fourth-order valence-electron chi connectivity index (χ4n) is 3.01. The largest absolute Gasteiger partial charge is 0.379 e. The van der Waals surface area contributed by atoms with Crippen molar-refractivity contribution in [2.24, 2.45) is 0 Å².